The van der Waals surface area contributed by atoms with Crippen molar-refractivity contribution in [1.29, 1.82) is 5.26 Å². The zero-order valence-corrected chi connectivity index (χ0v) is 9.31. The molecule has 2 heterocycles. The third-order valence-electron chi connectivity index (χ3n) is 2.84. The van der Waals surface area contributed by atoms with Crippen molar-refractivity contribution in [3.8, 4) is 6.07 Å². The Balaban J connectivity index is 2.14. The van der Waals surface area contributed by atoms with Gasteiger partial charge >= 0.3 is 0 Å². The van der Waals surface area contributed by atoms with Crippen LogP contribution in [0.15, 0.2) is 47.4 Å². The number of hydrogen-bond donors (Lipinski definition) is 1. The summed E-state index contributed by atoms with van der Waals surface area (Å²) in [7, 11) is 0. The second-order valence-electron chi connectivity index (χ2n) is 3.92. The molecule has 3 aromatic rings. The molecular weight excluding hydrogens is 228 g/mol. The van der Waals surface area contributed by atoms with Gasteiger partial charge in [0, 0.05) is 22.7 Å². The fourth-order valence-electron chi connectivity index (χ4n) is 1.93. The lowest BCUT2D eigenvalue weighted by Crippen LogP contribution is -1.97. The predicted molar refractivity (Wildman–Crippen MR) is 65.2 cm³/mol. The molecule has 0 fully saturated rings. The smallest absolute Gasteiger partial charge is 0.198 e. The number of furan rings is 1. The number of carbonyl (C=O) groups excluding carboxylic acids is 1. The van der Waals surface area contributed by atoms with Crippen LogP contribution in [0.5, 0.6) is 0 Å². The molecule has 0 aliphatic heterocycles. The minimum atomic E-state index is -0.0975. The molecule has 2 aromatic heterocycles. The first-order valence-electron chi connectivity index (χ1n) is 5.38. The number of nitrogens with zero attached hydrogens (tertiary/aromatic N) is 1. The summed E-state index contributed by atoms with van der Waals surface area (Å²) in [5.74, 6) is -0.0975. The Hall–Kier alpha value is -2.80. The number of H-pyrrole nitrogens is 1. The number of rotatable bonds is 2. The van der Waals surface area contributed by atoms with Gasteiger partial charge in [-0.15, -0.1) is 0 Å². The Kier molecular flexibility index (Phi) is 2.24. The summed E-state index contributed by atoms with van der Waals surface area (Å²) in [5.41, 5.74) is 2.43. The van der Waals surface area contributed by atoms with E-state index in [0.29, 0.717) is 16.7 Å². The molecule has 0 saturated heterocycles. The average Bonchev–Trinajstić information content (AvgIpc) is 3.06. The molecule has 3 rings (SSSR count). The van der Waals surface area contributed by atoms with Crippen LogP contribution in [-0.2, 0) is 0 Å². The zero-order chi connectivity index (χ0) is 12.5. The maximum absolute atomic E-state index is 12.2. The number of nitriles is 1. The van der Waals surface area contributed by atoms with E-state index in [1.54, 1.807) is 30.5 Å². The summed E-state index contributed by atoms with van der Waals surface area (Å²) < 4.78 is 4.91. The Bertz CT molecular complexity index is 761. The van der Waals surface area contributed by atoms with Crippen molar-refractivity contribution in [2.24, 2.45) is 0 Å². The van der Waals surface area contributed by atoms with Gasteiger partial charge in [0.05, 0.1) is 23.5 Å². The predicted octanol–water partition coefficient (Wildman–Crippen LogP) is 2.86. The highest BCUT2D eigenvalue weighted by Crippen LogP contribution is 2.22. The number of carbonyl (C=O) groups is 1. The van der Waals surface area contributed by atoms with E-state index < -0.39 is 0 Å². The van der Waals surface area contributed by atoms with Gasteiger partial charge in [0.25, 0.3) is 0 Å². The Morgan fingerprint density at radius 1 is 1.33 bits per heavy atom. The monoisotopic (exact) mass is 236 g/mol. The third-order valence-corrected chi connectivity index (χ3v) is 2.84. The maximum Gasteiger partial charge on any atom is 0.198 e. The normalized spacial score (nSPS) is 10.4. The van der Waals surface area contributed by atoms with Gasteiger partial charge in [0.2, 0.25) is 0 Å². The number of hydrogen-bond acceptors (Lipinski definition) is 3. The van der Waals surface area contributed by atoms with E-state index in [-0.39, 0.29) is 5.78 Å². The largest absolute Gasteiger partial charge is 0.472 e. The van der Waals surface area contributed by atoms with Crippen LogP contribution in [0.25, 0.3) is 10.9 Å². The lowest BCUT2D eigenvalue weighted by molar-refractivity contribution is 0.103. The van der Waals surface area contributed by atoms with Gasteiger partial charge in [0.15, 0.2) is 5.78 Å². The lowest BCUT2D eigenvalue weighted by Gasteiger charge is -1.96. The molecule has 0 aliphatic rings. The number of benzene rings is 1. The summed E-state index contributed by atoms with van der Waals surface area (Å²) in [6.07, 6.45) is 4.54. The Morgan fingerprint density at radius 2 is 2.22 bits per heavy atom. The van der Waals surface area contributed by atoms with Crippen LogP contribution in [0.4, 0.5) is 0 Å². The molecule has 4 nitrogen and oxygen atoms in total. The van der Waals surface area contributed by atoms with Crippen LogP contribution in [0.1, 0.15) is 21.5 Å². The van der Waals surface area contributed by atoms with Gasteiger partial charge in [-0.05, 0) is 18.2 Å². The number of aromatic amines is 1. The van der Waals surface area contributed by atoms with Crippen molar-refractivity contribution in [3.05, 3.63) is 59.7 Å². The van der Waals surface area contributed by atoms with Gasteiger partial charge in [-0.2, -0.15) is 5.26 Å². The van der Waals surface area contributed by atoms with Gasteiger partial charge in [0.1, 0.15) is 6.26 Å². The molecule has 0 unspecified atom stereocenters. The molecule has 0 bridgehead atoms. The fourth-order valence-corrected chi connectivity index (χ4v) is 1.93. The molecule has 0 spiro atoms. The topological polar surface area (TPSA) is 69.8 Å². The highest BCUT2D eigenvalue weighted by molar-refractivity contribution is 6.16. The summed E-state index contributed by atoms with van der Waals surface area (Å²) in [5, 5.41) is 9.63. The first-order valence-corrected chi connectivity index (χ1v) is 5.38. The second-order valence-corrected chi connectivity index (χ2v) is 3.92. The van der Waals surface area contributed by atoms with E-state index in [0.717, 1.165) is 10.9 Å². The molecule has 4 heteroatoms. The van der Waals surface area contributed by atoms with Gasteiger partial charge in [-0.1, -0.05) is 6.07 Å². The summed E-state index contributed by atoms with van der Waals surface area (Å²) in [4.78, 5) is 15.2. The average molecular weight is 236 g/mol. The van der Waals surface area contributed by atoms with E-state index in [9.17, 15) is 4.79 Å². The second kappa shape index (κ2) is 3.90. The molecule has 0 saturated carbocycles. The minimum absolute atomic E-state index is 0.0975. The van der Waals surface area contributed by atoms with Crippen LogP contribution in [0.2, 0.25) is 0 Å². The van der Waals surface area contributed by atoms with E-state index in [1.165, 1.54) is 12.5 Å². The molecule has 0 amide bonds. The molecule has 0 atom stereocenters. The van der Waals surface area contributed by atoms with Crippen LogP contribution in [0, 0.1) is 11.3 Å². The van der Waals surface area contributed by atoms with E-state index in [1.807, 2.05) is 0 Å². The van der Waals surface area contributed by atoms with Crippen molar-refractivity contribution in [1.82, 2.24) is 4.98 Å². The van der Waals surface area contributed by atoms with Crippen molar-refractivity contribution < 1.29 is 9.21 Å². The van der Waals surface area contributed by atoms with Gasteiger partial charge in [-0.3, -0.25) is 4.79 Å². The fraction of sp³-hybridized carbons (Fsp3) is 0. The highest BCUT2D eigenvalue weighted by atomic mass is 16.3. The van der Waals surface area contributed by atoms with Gasteiger partial charge < -0.3 is 9.40 Å². The van der Waals surface area contributed by atoms with E-state index >= 15 is 0 Å². The number of ketones is 1. The molecule has 1 N–H and O–H groups in total. The quantitative estimate of drug-likeness (QED) is 0.695. The van der Waals surface area contributed by atoms with Crippen molar-refractivity contribution in [3.63, 3.8) is 0 Å². The minimum Gasteiger partial charge on any atom is -0.472 e. The molecular formula is C14H8N2O2. The molecule has 0 radical (unpaired) electrons. The van der Waals surface area contributed by atoms with Gasteiger partial charge in [-0.25, -0.2) is 0 Å². The Labute approximate surface area is 102 Å². The van der Waals surface area contributed by atoms with E-state index in [4.69, 9.17) is 9.68 Å². The summed E-state index contributed by atoms with van der Waals surface area (Å²) in [6, 6.07) is 8.89. The number of nitrogens with one attached hydrogen (secondary N) is 1. The van der Waals surface area contributed by atoms with Crippen LogP contribution < -0.4 is 0 Å². The number of fused-ring (bicyclic) bond motifs is 1. The third kappa shape index (κ3) is 1.50. The lowest BCUT2D eigenvalue weighted by atomic mass is 10.0. The first-order chi connectivity index (χ1) is 8.79. The maximum atomic E-state index is 12.2. The van der Waals surface area contributed by atoms with Crippen molar-refractivity contribution in [2.45, 2.75) is 0 Å². The molecule has 86 valence electrons. The highest BCUT2D eigenvalue weighted by Gasteiger charge is 2.15. The van der Waals surface area contributed by atoms with Crippen molar-refractivity contribution in [2.75, 3.05) is 0 Å². The molecule has 0 aliphatic carbocycles. The van der Waals surface area contributed by atoms with Crippen LogP contribution in [0.3, 0.4) is 0 Å². The van der Waals surface area contributed by atoms with E-state index in [2.05, 4.69) is 11.1 Å². The van der Waals surface area contributed by atoms with Crippen LogP contribution in [-0.4, -0.2) is 10.8 Å². The SMILES string of the molecule is N#Cc1ccc2c(C(=O)c3ccoc3)c[nH]c2c1. The Morgan fingerprint density at radius 3 is 2.94 bits per heavy atom. The standard InChI is InChI=1S/C14H8N2O2/c15-6-9-1-2-11-12(7-16-13(11)5-9)14(17)10-3-4-18-8-10/h1-5,7-8,16H. The van der Waals surface area contributed by atoms with Crippen LogP contribution >= 0.6 is 0 Å². The summed E-state index contributed by atoms with van der Waals surface area (Å²) in [6.45, 7) is 0. The summed E-state index contributed by atoms with van der Waals surface area (Å²) >= 11 is 0. The molecule has 1 aromatic carbocycles. The first kappa shape index (κ1) is 10.4. The molecule has 18 heavy (non-hydrogen) atoms. The van der Waals surface area contributed by atoms with Crippen molar-refractivity contribution >= 4 is 16.7 Å². The number of aromatic nitrogens is 1. The zero-order valence-electron chi connectivity index (χ0n) is 9.31.